The zero-order valence-corrected chi connectivity index (χ0v) is 12.2. The molecule has 0 unspecified atom stereocenters. The Hall–Kier alpha value is -1.88. The number of rotatable bonds is 3. The minimum Gasteiger partial charge on any atom is -0.497 e. The van der Waals surface area contributed by atoms with Crippen LogP contribution in [0.3, 0.4) is 0 Å². The van der Waals surface area contributed by atoms with Crippen LogP contribution in [0.15, 0.2) is 41.0 Å². The average molecular weight is 321 g/mol. The van der Waals surface area contributed by atoms with Gasteiger partial charge in [-0.3, -0.25) is 4.79 Å². The van der Waals surface area contributed by atoms with Crippen molar-refractivity contribution in [3.05, 3.63) is 52.1 Å². The number of pyridine rings is 1. The lowest BCUT2D eigenvalue weighted by molar-refractivity contribution is 0.102. The van der Waals surface area contributed by atoms with Crippen LogP contribution < -0.4 is 10.1 Å². The number of nitrogens with zero attached hydrogens (tertiary/aromatic N) is 1. The number of amides is 1. The predicted octanol–water partition coefficient (Wildman–Crippen LogP) is 3.41. The molecule has 0 aliphatic heterocycles. The Morgan fingerprint density at radius 1 is 1.32 bits per heavy atom. The van der Waals surface area contributed by atoms with Crippen molar-refractivity contribution in [3.63, 3.8) is 0 Å². The molecule has 0 radical (unpaired) electrons. The number of benzene rings is 1. The van der Waals surface area contributed by atoms with E-state index in [2.05, 4.69) is 26.2 Å². The minimum atomic E-state index is -0.234. The van der Waals surface area contributed by atoms with Crippen molar-refractivity contribution in [2.24, 2.45) is 0 Å². The van der Waals surface area contributed by atoms with E-state index in [0.29, 0.717) is 21.6 Å². The standard InChI is InChI=1S/C14H13BrN2O2/c1-9-3-6-13(16-8-9)17-14(18)11-7-10(19-2)4-5-12(11)15/h3-8H,1-2H3,(H,16,17,18). The third kappa shape index (κ3) is 3.32. The summed E-state index contributed by atoms with van der Waals surface area (Å²) in [6, 6.07) is 8.89. The molecule has 2 rings (SSSR count). The minimum absolute atomic E-state index is 0.234. The number of carbonyl (C=O) groups excluding carboxylic acids is 1. The van der Waals surface area contributed by atoms with Crippen LogP contribution in [0.2, 0.25) is 0 Å². The van der Waals surface area contributed by atoms with Crippen LogP contribution in [0, 0.1) is 6.92 Å². The molecule has 0 spiro atoms. The van der Waals surface area contributed by atoms with E-state index in [1.807, 2.05) is 13.0 Å². The lowest BCUT2D eigenvalue weighted by atomic mass is 10.2. The summed E-state index contributed by atoms with van der Waals surface area (Å²) in [5, 5.41) is 2.74. The number of halogens is 1. The number of aromatic nitrogens is 1. The molecule has 2 aromatic rings. The molecule has 0 saturated carbocycles. The summed E-state index contributed by atoms with van der Waals surface area (Å²) in [6.45, 7) is 1.94. The molecule has 0 fully saturated rings. The summed E-state index contributed by atoms with van der Waals surface area (Å²) in [5.74, 6) is 0.915. The Balaban J connectivity index is 2.22. The van der Waals surface area contributed by atoms with E-state index in [1.54, 1.807) is 37.6 Å². The Morgan fingerprint density at radius 3 is 2.74 bits per heavy atom. The van der Waals surface area contributed by atoms with E-state index in [4.69, 9.17) is 4.74 Å². The summed E-state index contributed by atoms with van der Waals surface area (Å²) in [4.78, 5) is 16.3. The number of methoxy groups -OCH3 is 1. The molecule has 19 heavy (non-hydrogen) atoms. The first kappa shape index (κ1) is 13.5. The maximum atomic E-state index is 12.2. The van der Waals surface area contributed by atoms with Gasteiger partial charge in [-0.15, -0.1) is 0 Å². The van der Waals surface area contributed by atoms with Crippen LogP contribution >= 0.6 is 15.9 Å². The van der Waals surface area contributed by atoms with Crippen molar-refractivity contribution in [2.75, 3.05) is 12.4 Å². The van der Waals surface area contributed by atoms with Gasteiger partial charge in [0.05, 0.1) is 12.7 Å². The molecule has 0 saturated heterocycles. The SMILES string of the molecule is COc1ccc(Br)c(C(=O)Nc2ccc(C)cn2)c1. The van der Waals surface area contributed by atoms with Crippen LogP contribution in [0.5, 0.6) is 5.75 Å². The number of carbonyl (C=O) groups is 1. The summed E-state index contributed by atoms with van der Waals surface area (Å²) in [5.41, 5.74) is 1.54. The number of anilines is 1. The maximum absolute atomic E-state index is 12.2. The maximum Gasteiger partial charge on any atom is 0.258 e. The molecular weight excluding hydrogens is 308 g/mol. The molecule has 4 nitrogen and oxygen atoms in total. The Labute approximate surface area is 119 Å². The van der Waals surface area contributed by atoms with Gasteiger partial charge in [-0.25, -0.2) is 4.98 Å². The van der Waals surface area contributed by atoms with Gasteiger partial charge >= 0.3 is 0 Å². The number of aryl methyl sites for hydroxylation is 1. The largest absolute Gasteiger partial charge is 0.497 e. The zero-order valence-electron chi connectivity index (χ0n) is 10.6. The van der Waals surface area contributed by atoms with E-state index < -0.39 is 0 Å². The van der Waals surface area contributed by atoms with Gasteiger partial charge in [-0.05, 0) is 52.7 Å². The van der Waals surface area contributed by atoms with Gasteiger partial charge in [0, 0.05) is 10.7 Å². The third-order valence-corrected chi connectivity index (χ3v) is 3.26. The van der Waals surface area contributed by atoms with Gasteiger partial charge in [-0.2, -0.15) is 0 Å². The fraction of sp³-hybridized carbons (Fsp3) is 0.143. The van der Waals surface area contributed by atoms with Crippen molar-refractivity contribution in [1.29, 1.82) is 0 Å². The van der Waals surface area contributed by atoms with Crippen LogP contribution in [0.1, 0.15) is 15.9 Å². The molecule has 0 bridgehead atoms. The molecule has 1 aromatic carbocycles. The highest BCUT2D eigenvalue weighted by Crippen LogP contribution is 2.23. The van der Waals surface area contributed by atoms with E-state index in [9.17, 15) is 4.79 Å². The molecule has 0 aliphatic rings. The lowest BCUT2D eigenvalue weighted by Gasteiger charge is -2.08. The molecule has 98 valence electrons. The van der Waals surface area contributed by atoms with Crippen molar-refractivity contribution in [2.45, 2.75) is 6.92 Å². The topological polar surface area (TPSA) is 51.2 Å². The second kappa shape index (κ2) is 5.84. The second-order valence-corrected chi connectivity index (χ2v) is 4.88. The first-order chi connectivity index (χ1) is 9.10. The summed E-state index contributed by atoms with van der Waals surface area (Å²) < 4.78 is 5.82. The Kier molecular flexibility index (Phi) is 4.16. The van der Waals surface area contributed by atoms with Gasteiger partial charge in [0.25, 0.3) is 5.91 Å². The highest BCUT2D eigenvalue weighted by molar-refractivity contribution is 9.10. The predicted molar refractivity (Wildman–Crippen MR) is 77.6 cm³/mol. The van der Waals surface area contributed by atoms with Gasteiger partial charge < -0.3 is 10.1 Å². The fourth-order valence-corrected chi connectivity index (χ4v) is 1.96. The first-order valence-corrected chi connectivity index (χ1v) is 6.47. The number of nitrogens with one attached hydrogen (secondary N) is 1. The smallest absolute Gasteiger partial charge is 0.258 e. The highest BCUT2D eigenvalue weighted by atomic mass is 79.9. The molecule has 1 aromatic heterocycles. The third-order valence-electron chi connectivity index (χ3n) is 2.57. The van der Waals surface area contributed by atoms with Gasteiger partial charge in [0.1, 0.15) is 11.6 Å². The van der Waals surface area contributed by atoms with Gasteiger partial charge in [0.2, 0.25) is 0 Å². The second-order valence-electron chi connectivity index (χ2n) is 4.02. The van der Waals surface area contributed by atoms with Crippen molar-refractivity contribution < 1.29 is 9.53 Å². The average Bonchev–Trinajstić information content (AvgIpc) is 2.42. The van der Waals surface area contributed by atoms with E-state index in [-0.39, 0.29) is 5.91 Å². The molecule has 5 heteroatoms. The summed E-state index contributed by atoms with van der Waals surface area (Å²) >= 11 is 3.35. The van der Waals surface area contributed by atoms with Crippen molar-refractivity contribution in [3.8, 4) is 5.75 Å². The first-order valence-electron chi connectivity index (χ1n) is 5.67. The molecule has 1 amide bonds. The number of ether oxygens (including phenoxy) is 1. The van der Waals surface area contributed by atoms with E-state index in [0.717, 1.165) is 5.56 Å². The Morgan fingerprint density at radius 2 is 2.11 bits per heavy atom. The molecular formula is C14H13BrN2O2. The van der Waals surface area contributed by atoms with Gasteiger partial charge in [-0.1, -0.05) is 6.07 Å². The van der Waals surface area contributed by atoms with E-state index in [1.165, 1.54) is 0 Å². The van der Waals surface area contributed by atoms with Crippen LogP contribution in [-0.2, 0) is 0 Å². The van der Waals surface area contributed by atoms with Crippen LogP contribution in [0.25, 0.3) is 0 Å². The van der Waals surface area contributed by atoms with Crippen molar-refractivity contribution in [1.82, 2.24) is 4.98 Å². The summed E-state index contributed by atoms with van der Waals surface area (Å²) in [7, 11) is 1.56. The Bertz CT molecular complexity index is 597. The van der Waals surface area contributed by atoms with E-state index >= 15 is 0 Å². The summed E-state index contributed by atoms with van der Waals surface area (Å²) in [6.07, 6.45) is 1.70. The molecule has 1 N–H and O–H groups in total. The normalized spacial score (nSPS) is 10.1. The van der Waals surface area contributed by atoms with Crippen LogP contribution in [0.4, 0.5) is 5.82 Å². The monoisotopic (exact) mass is 320 g/mol. The highest BCUT2D eigenvalue weighted by Gasteiger charge is 2.12. The molecule has 0 atom stereocenters. The number of hydrogen-bond donors (Lipinski definition) is 1. The quantitative estimate of drug-likeness (QED) is 0.942. The number of hydrogen-bond acceptors (Lipinski definition) is 3. The van der Waals surface area contributed by atoms with Crippen LogP contribution in [-0.4, -0.2) is 18.0 Å². The molecule has 1 heterocycles. The van der Waals surface area contributed by atoms with Gasteiger partial charge in [0.15, 0.2) is 0 Å². The lowest BCUT2D eigenvalue weighted by Crippen LogP contribution is -2.13. The molecule has 0 aliphatic carbocycles. The van der Waals surface area contributed by atoms with Crippen molar-refractivity contribution >= 4 is 27.7 Å². The zero-order chi connectivity index (χ0) is 13.8. The fourth-order valence-electron chi connectivity index (χ4n) is 1.53.